The topological polar surface area (TPSA) is 77.2 Å². The zero-order valence-electron chi connectivity index (χ0n) is 14.9. The van der Waals surface area contributed by atoms with E-state index < -0.39 is 0 Å². The maximum Gasteiger partial charge on any atom is 0.277 e. The molecule has 27 heavy (non-hydrogen) atoms. The summed E-state index contributed by atoms with van der Waals surface area (Å²) in [5, 5.41) is 10.8. The van der Waals surface area contributed by atoms with Gasteiger partial charge in [-0.15, -0.1) is 10.2 Å². The van der Waals surface area contributed by atoms with Crippen LogP contribution in [0.15, 0.2) is 52.1 Å². The highest BCUT2D eigenvalue weighted by Crippen LogP contribution is 2.24. The van der Waals surface area contributed by atoms with Gasteiger partial charge in [-0.2, -0.15) is 0 Å². The van der Waals surface area contributed by atoms with E-state index in [2.05, 4.69) is 15.5 Å². The first kappa shape index (κ1) is 18.9. The van der Waals surface area contributed by atoms with Gasteiger partial charge in [-0.1, -0.05) is 30.0 Å². The molecule has 0 unspecified atom stereocenters. The summed E-state index contributed by atoms with van der Waals surface area (Å²) >= 11 is 1.12. The van der Waals surface area contributed by atoms with Crippen molar-refractivity contribution in [1.82, 2.24) is 10.2 Å². The Labute approximate surface area is 160 Å². The van der Waals surface area contributed by atoms with Crippen molar-refractivity contribution >= 4 is 23.4 Å². The summed E-state index contributed by atoms with van der Waals surface area (Å²) in [4.78, 5) is 11.9. The highest BCUT2D eigenvalue weighted by molar-refractivity contribution is 7.99. The number of halogens is 1. The lowest BCUT2D eigenvalue weighted by Crippen LogP contribution is -2.13. The van der Waals surface area contributed by atoms with E-state index in [1.165, 1.54) is 24.3 Å². The molecule has 0 fully saturated rings. The molecule has 0 bridgehead atoms. The summed E-state index contributed by atoms with van der Waals surface area (Å²) < 4.78 is 24.1. The van der Waals surface area contributed by atoms with E-state index in [0.717, 1.165) is 28.6 Å². The number of para-hydroxylation sites is 1. The van der Waals surface area contributed by atoms with E-state index in [4.69, 9.17) is 9.15 Å². The maximum absolute atomic E-state index is 12.9. The third kappa shape index (κ3) is 5.30. The lowest BCUT2D eigenvalue weighted by molar-refractivity contribution is -0.113. The van der Waals surface area contributed by atoms with Crippen molar-refractivity contribution in [2.75, 3.05) is 11.1 Å². The monoisotopic (exact) mass is 387 g/mol. The second kappa shape index (κ2) is 8.68. The first-order valence-electron chi connectivity index (χ1n) is 8.21. The third-order valence-corrected chi connectivity index (χ3v) is 4.47. The Kier molecular flexibility index (Phi) is 6.08. The molecule has 1 N–H and O–H groups in total. The Morgan fingerprint density at radius 1 is 1.15 bits per heavy atom. The van der Waals surface area contributed by atoms with Gasteiger partial charge in [-0.3, -0.25) is 4.79 Å². The number of anilines is 1. The minimum absolute atomic E-state index is 0.0940. The van der Waals surface area contributed by atoms with Gasteiger partial charge in [0.25, 0.3) is 11.1 Å². The number of thioether (sulfide) groups is 1. The molecule has 6 nitrogen and oxygen atoms in total. The van der Waals surface area contributed by atoms with Crippen LogP contribution in [0.1, 0.15) is 17.0 Å². The lowest BCUT2D eigenvalue weighted by Gasteiger charge is -2.09. The number of rotatable bonds is 7. The maximum atomic E-state index is 12.9. The molecule has 0 aliphatic carbocycles. The minimum Gasteiger partial charge on any atom is -0.483 e. The molecule has 0 aliphatic heterocycles. The van der Waals surface area contributed by atoms with Crippen LogP contribution in [-0.2, 0) is 11.4 Å². The minimum atomic E-state index is -0.358. The molecule has 0 spiro atoms. The van der Waals surface area contributed by atoms with Gasteiger partial charge in [0, 0.05) is 5.69 Å². The number of amides is 1. The van der Waals surface area contributed by atoms with Gasteiger partial charge in [-0.05, 0) is 49.2 Å². The fourth-order valence-corrected chi connectivity index (χ4v) is 2.95. The van der Waals surface area contributed by atoms with Crippen molar-refractivity contribution in [3.63, 3.8) is 0 Å². The molecule has 0 saturated carbocycles. The molecule has 140 valence electrons. The SMILES string of the molecule is Cc1cccc(C)c1OCc1nnc(SCC(=O)Nc2ccc(F)cc2)o1. The Hall–Kier alpha value is -2.87. The number of carbonyl (C=O) groups excluding carboxylic acids is 1. The molecule has 1 aromatic heterocycles. The number of carbonyl (C=O) groups is 1. The number of aryl methyl sites for hydroxylation is 2. The van der Waals surface area contributed by atoms with Crippen molar-refractivity contribution < 1.29 is 18.3 Å². The van der Waals surface area contributed by atoms with E-state index in [9.17, 15) is 9.18 Å². The molecule has 1 heterocycles. The molecule has 0 atom stereocenters. The summed E-state index contributed by atoms with van der Waals surface area (Å²) in [5.41, 5.74) is 2.58. The molecule has 3 aromatic rings. The van der Waals surface area contributed by atoms with Gasteiger partial charge in [0.15, 0.2) is 6.61 Å². The van der Waals surface area contributed by atoms with Crippen molar-refractivity contribution in [2.24, 2.45) is 0 Å². The van der Waals surface area contributed by atoms with Crippen LogP contribution in [-0.4, -0.2) is 21.9 Å². The summed E-state index contributed by atoms with van der Waals surface area (Å²) in [6, 6.07) is 11.5. The van der Waals surface area contributed by atoms with Crippen molar-refractivity contribution in [3.8, 4) is 5.75 Å². The Bertz CT molecular complexity index is 908. The molecule has 8 heteroatoms. The van der Waals surface area contributed by atoms with Crippen LogP contribution < -0.4 is 10.1 Å². The summed E-state index contributed by atoms with van der Waals surface area (Å²) in [6.45, 7) is 4.09. The number of benzene rings is 2. The van der Waals surface area contributed by atoms with Crippen LogP contribution in [0.3, 0.4) is 0 Å². The number of nitrogens with zero attached hydrogens (tertiary/aromatic N) is 2. The molecule has 0 aliphatic rings. The molecule has 0 saturated heterocycles. The van der Waals surface area contributed by atoms with Gasteiger partial charge in [-0.25, -0.2) is 4.39 Å². The largest absolute Gasteiger partial charge is 0.483 e. The number of ether oxygens (including phenoxy) is 1. The molecule has 0 radical (unpaired) electrons. The summed E-state index contributed by atoms with van der Waals surface area (Å²) in [7, 11) is 0. The van der Waals surface area contributed by atoms with Crippen molar-refractivity contribution in [2.45, 2.75) is 25.7 Å². The zero-order valence-corrected chi connectivity index (χ0v) is 15.7. The molecule has 2 aromatic carbocycles. The van der Waals surface area contributed by atoms with Gasteiger partial charge >= 0.3 is 0 Å². The van der Waals surface area contributed by atoms with Crippen molar-refractivity contribution in [1.29, 1.82) is 0 Å². The van der Waals surface area contributed by atoms with Crippen LogP contribution in [0.4, 0.5) is 10.1 Å². The van der Waals surface area contributed by atoms with Gasteiger partial charge < -0.3 is 14.5 Å². The van der Waals surface area contributed by atoms with Crippen LogP contribution in [0.25, 0.3) is 0 Å². The van der Waals surface area contributed by atoms with Crippen LogP contribution in [0.2, 0.25) is 0 Å². The second-order valence-electron chi connectivity index (χ2n) is 5.82. The van der Waals surface area contributed by atoms with E-state index >= 15 is 0 Å². The number of nitrogens with one attached hydrogen (secondary N) is 1. The summed E-state index contributed by atoms with van der Waals surface area (Å²) in [6.07, 6.45) is 0. The Morgan fingerprint density at radius 2 is 1.85 bits per heavy atom. The average Bonchev–Trinajstić information content (AvgIpc) is 3.09. The highest BCUT2D eigenvalue weighted by Gasteiger charge is 2.12. The number of aromatic nitrogens is 2. The Morgan fingerprint density at radius 3 is 2.56 bits per heavy atom. The normalized spacial score (nSPS) is 10.6. The predicted molar refractivity (Wildman–Crippen MR) is 100 cm³/mol. The van der Waals surface area contributed by atoms with Gasteiger partial charge in [0.2, 0.25) is 5.91 Å². The smallest absolute Gasteiger partial charge is 0.277 e. The van der Waals surface area contributed by atoms with E-state index in [0.29, 0.717) is 11.6 Å². The lowest BCUT2D eigenvalue weighted by atomic mass is 10.1. The van der Waals surface area contributed by atoms with Gasteiger partial charge in [0.05, 0.1) is 5.75 Å². The van der Waals surface area contributed by atoms with Crippen LogP contribution in [0.5, 0.6) is 5.75 Å². The average molecular weight is 387 g/mol. The highest BCUT2D eigenvalue weighted by atomic mass is 32.2. The molecule has 3 rings (SSSR count). The first-order chi connectivity index (χ1) is 13.0. The summed E-state index contributed by atoms with van der Waals surface area (Å²) in [5.74, 6) is 0.612. The number of hydrogen-bond acceptors (Lipinski definition) is 6. The quantitative estimate of drug-likeness (QED) is 0.614. The molecular formula is C19H18FN3O3S. The third-order valence-electron chi connectivity index (χ3n) is 3.65. The van der Waals surface area contributed by atoms with Crippen LogP contribution >= 0.6 is 11.8 Å². The zero-order chi connectivity index (χ0) is 19.2. The van der Waals surface area contributed by atoms with Crippen molar-refractivity contribution in [3.05, 3.63) is 65.3 Å². The Balaban J connectivity index is 1.49. The first-order valence-corrected chi connectivity index (χ1v) is 9.19. The number of hydrogen-bond donors (Lipinski definition) is 1. The second-order valence-corrected chi connectivity index (χ2v) is 6.74. The fraction of sp³-hybridized carbons (Fsp3) is 0.211. The van der Waals surface area contributed by atoms with Crippen LogP contribution in [0, 0.1) is 19.7 Å². The molecule has 1 amide bonds. The standard InChI is InChI=1S/C19H18FN3O3S/c1-12-4-3-5-13(2)18(12)25-10-17-22-23-19(26-17)27-11-16(24)21-15-8-6-14(20)7-9-15/h3-9H,10-11H2,1-2H3,(H,21,24). The predicted octanol–water partition coefficient (Wildman–Crippen LogP) is 4.14. The van der Waals surface area contributed by atoms with E-state index in [1.54, 1.807) is 0 Å². The van der Waals surface area contributed by atoms with Gasteiger partial charge in [0.1, 0.15) is 11.6 Å². The molecular weight excluding hydrogens is 369 g/mol. The van der Waals surface area contributed by atoms with E-state index in [1.807, 2.05) is 32.0 Å². The van der Waals surface area contributed by atoms with E-state index in [-0.39, 0.29) is 29.3 Å². The fourth-order valence-electron chi connectivity index (χ4n) is 2.37.